The number of carbonyl (C=O) groups is 2. The number of piperidine rings is 1. The average molecular weight is 472 g/mol. The minimum absolute atomic E-state index is 0.0817. The Labute approximate surface area is 201 Å². The maximum absolute atomic E-state index is 12.8. The molecule has 33 heavy (non-hydrogen) atoms. The fourth-order valence-corrected chi connectivity index (χ4v) is 4.41. The molecule has 0 spiro atoms. The highest BCUT2D eigenvalue weighted by molar-refractivity contribution is 6.30. The van der Waals surface area contributed by atoms with E-state index in [0.29, 0.717) is 11.6 Å². The molecule has 178 valence electrons. The van der Waals surface area contributed by atoms with Crippen molar-refractivity contribution >= 4 is 29.2 Å². The molecule has 0 aliphatic carbocycles. The number of anilines is 1. The van der Waals surface area contributed by atoms with Crippen molar-refractivity contribution in [3.05, 3.63) is 58.4 Å². The topological polar surface area (TPSA) is 86.4 Å². The van der Waals surface area contributed by atoms with Crippen molar-refractivity contribution in [3.63, 3.8) is 0 Å². The van der Waals surface area contributed by atoms with Gasteiger partial charge in [0.2, 0.25) is 5.91 Å². The van der Waals surface area contributed by atoms with Crippen LogP contribution in [0.2, 0.25) is 5.02 Å². The van der Waals surface area contributed by atoms with Gasteiger partial charge in [0.05, 0.1) is 5.92 Å². The van der Waals surface area contributed by atoms with E-state index in [1.54, 1.807) is 0 Å². The van der Waals surface area contributed by atoms with Crippen molar-refractivity contribution in [1.29, 1.82) is 0 Å². The van der Waals surface area contributed by atoms with Gasteiger partial charge in [0.25, 0.3) is 0 Å². The standard InChI is InChI=1S/C25H34ClN5O2/c1-4-23(19-5-7-20(26)8-6-19)24(32)29-21-9-12-31(13-10-21)14-11-27-25(33)30-22-15-17(2)28-18(3)16-22/h5-8,15-16,21,23H,4,9-14H2,1-3H3,(H,29,32)(H2,27,28,30,33). The molecule has 1 aliphatic heterocycles. The van der Waals surface area contributed by atoms with Gasteiger partial charge in [-0.05, 0) is 62.9 Å². The number of urea groups is 1. The first-order valence-electron chi connectivity index (χ1n) is 11.6. The van der Waals surface area contributed by atoms with Crippen LogP contribution in [0.15, 0.2) is 36.4 Å². The van der Waals surface area contributed by atoms with Crippen LogP contribution in [0.5, 0.6) is 0 Å². The van der Waals surface area contributed by atoms with Gasteiger partial charge >= 0.3 is 6.03 Å². The summed E-state index contributed by atoms with van der Waals surface area (Å²) in [6, 6.07) is 11.2. The van der Waals surface area contributed by atoms with Crippen molar-refractivity contribution in [3.8, 4) is 0 Å². The molecule has 7 nitrogen and oxygen atoms in total. The van der Waals surface area contributed by atoms with Gasteiger partial charge in [0.1, 0.15) is 0 Å². The smallest absolute Gasteiger partial charge is 0.319 e. The molecule has 1 aromatic carbocycles. The molecule has 0 saturated carbocycles. The Morgan fingerprint density at radius 3 is 2.36 bits per heavy atom. The second-order valence-corrected chi connectivity index (χ2v) is 9.09. The number of nitrogens with zero attached hydrogens (tertiary/aromatic N) is 2. The Morgan fingerprint density at radius 2 is 1.76 bits per heavy atom. The van der Waals surface area contributed by atoms with Gasteiger partial charge in [-0.1, -0.05) is 30.7 Å². The molecule has 2 heterocycles. The third-order valence-electron chi connectivity index (χ3n) is 5.98. The summed E-state index contributed by atoms with van der Waals surface area (Å²) in [4.78, 5) is 31.6. The van der Waals surface area contributed by atoms with E-state index in [9.17, 15) is 9.59 Å². The number of pyridine rings is 1. The van der Waals surface area contributed by atoms with Crippen LogP contribution in [-0.4, -0.2) is 54.0 Å². The van der Waals surface area contributed by atoms with Crippen LogP contribution in [0.3, 0.4) is 0 Å². The van der Waals surface area contributed by atoms with Gasteiger partial charge in [-0.15, -0.1) is 0 Å². The van der Waals surface area contributed by atoms with E-state index in [2.05, 4.69) is 25.8 Å². The molecule has 3 rings (SSSR count). The van der Waals surface area contributed by atoms with E-state index in [0.717, 1.165) is 61.5 Å². The molecule has 3 amide bonds. The van der Waals surface area contributed by atoms with E-state index in [4.69, 9.17) is 11.6 Å². The molecule has 1 atom stereocenters. The molecule has 3 N–H and O–H groups in total. The number of hydrogen-bond acceptors (Lipinski definition) is 4. The SMILES string of the molecule is CCC(C(=O)NC1CCN(CCNC(=O)Nc2cc(C)nc(C)c2)CC1)c1ccc(Cl)cc1. The second-order valence-electron chi connectivity index (χ2n) is 8.66. The number of carbonyl (C=O) groups excluding carboxylic acids is 2. The molecule has 1 unspecified atom stereocenters. The highest BCUT2D eigenvalue weighted by Crippen LogP contribution is 2.22. The lowest BCUT2D eigenvalue weighted by Crippen LogP contribution is -2.47. The van der Waals surface area contributed by atoms with Gasteiger partial charge < -0.3 is 20.9 Å². The van der Waals surface area contributed by atoms with Crippen LogP contribution in [0, 0.1) is 13.8 Å². The first-order chi connectivity index (χ1) is 15.8. The normalized spacial score (nSPS) is 15.6. The third kappa shape index (κ3) is 7.72. The number of likely N-dealkylation sites (tertiary alicyclic amines) is 1. The number of nitrogens with one attached hydrogen (secondary N) is 3. The fourth-order valence-electron chi connectivity index (χ4n) is 4.28. The Kier molecular flexibility index (Phi) is 9.09. The maximum atomic E-state index is 12.8. The van der Waals surface area contributed by atoms with Crippen LogP contribution < -0.4 is 16.0 Å². The molecule has 1 aromatic heterocycles. The monoisotopic (exact) mass is 471 g/mol. The Balaban J connectivity index is 1.36. The molecule has 8 heteroatoms. The van der Waals surface area contributed by atoms with Gasteiger partial charge in [-0.3, -0.25) is 9.78 Å². The Bertz CT molecular complexity index is 922. The number of hydrogen-bond donors (Lipinski definition) is 3. The summed E-state index contributed by atoms with van der Waals surface area (Å²) in [5, 5.41) is 9.68. The molecule has 0 bridgehead atoms. The lowest BCUT2D eigenvalue weighted by atomic mass is 9.94. The Morgan fingerprint density at radius 1 is 1.12 bits per heavy atom. The van der Waals surface area contributed by atoms with Crippen LogP contribution in [0.4, 0.5) is 10.5 Å². The predicted molar refractivity (Wildman–Crippen MR) is 133 cm³/mol. The molecule has 0 radical (unpaired) electrons. The van der Waals surface area contributed by atoms with Crippen molar-refractivity contribution < 1.29 is 9.59 Å². The van der Waals surface area contributed by atoms with E-state index in [1.165, 1.54) is 0 Å². The summed E-state index contributed by atoms with van der Waals surface area (Å²) < 4.78 is 0. The van der Waals surface area contributed by atoms with E-state index >= 15 is 0 Å². The summed E-state index contributed by atoms with van der Waals surface area (Å²) >= 11 is 5.98. The summed E-state index contributed by atoms with van der Waals surface area (Å²) in [6.07, 6.45) is 2.56. The fraction of sp³-hybridized carbons (Fsp3) is 0.480. The number of benzene rings is 1. The Hall–Kier alpha value is -2.64. The van der Waals surface area contributed by atoms with Crippen LogP contribution >= 0.6 is 11.6 Å². The quantitative estimate of drug-likeness (QED) is 0.537. The largest absolute Gasteiger partial charge is 0.353 e. The van der Waals surface area contributed by atoms with Crippen molar-refractivity contribution in [2.45, 2.75) is 52.0 Å². The van der Waals surface area contributed by atoms with Crippen LogP contribution in [0.25, 0.3) is 0 Å². The first kappa shape index (κ1) is 25.0. The van der Waals surface area contributed by atoms with Crippen molar-refractivity contribution in [2.24, 2.45) is 0 Å². The van der Waals surface area contributed by atoms with Gasteiger partial charge in [0, 0.05) is 54.3 Å². The third-order valence-corrected chi connectivity index (χ3v) is 6.24. The highest BCUT2D eigenvalue weighted by Gasteiger charge is 2.24. The van der Waals surface area contributed by atoms with Crippen LogP contribution in [-0.2, 0) is 4.79 Å². The van der Waals surface area contributed by atoms with Crippen molar-refractivity contribution in [2.75, 3.05) is 31.5 Å². The molecule has 1 saturated heterocycles. The van der Waals surface area contributed by atoms with Crippen molar-refractivity contribution in [1.82, 2.24) is 20.5 Å². The predicted octanol–water partition coefficient (Wildman–Crippen LogP) is 4.25. The van der Waals surface area contributed by atoms with Gasteiger partial charge in [-0.2, -0.15) is 0 Å². The summed E-state index contributed by atoms with van der Waals surface area (Å²) in [6.45, 7) is 8.99. The van der Waals surface area contributed by atoms with Crippen LogP contribution in [0.1, 0.15) is 49.1 Å². The summed E-state index contributed by atoms with van der Waals surface area (Å²) in [5.41, 5.74) is 3.49. The number of rotatable bonds is 8. The summed E-state index contributed by atoms with van der Waals surface area (Å²) in [5.74, 6) is -0.0748. The number of halogens is 1. The minimum Gasteiger partial charge on any atom is -0.353 e. The molecular weight excluding hydrogens is 438 g/mol. The molecule has 1 fully saturated rings. The summed E-state index contributed by atoms with van der Waals surface area (Å²) in [7, 11) is 0. The lowest BCUT2D eigenvalue weighted by molar-refractivity contribution is -0.123. The zero-order valence-electron chi connectivity index (χ0n) is 19.7. The second kappa shape index (κ2) is 12.0. The first-order valence-corrected chi connectivity index (χ1v) is 12.0. The van der Waals surface area contributed by atoms with E-state index < -0.39 is 0 Å². The number of aromatic nitrogens is 1. The van der Waals surface area contributed by atoms with E-state index in [1.807, 2.05) is 57.2 Å². The molecular formula is C25H34ClN5O2. The van der Waals surface area contributed by atoms with Gasteiger partial charge in [-0.25, -0.2) is 4.79 Å². The van der Waals surface area contributed by atoms with Gasteiger partial charge in [0.15, 0.2) is 0 Å². The molecule has 1 aliphatic rings. The number of aryl methyl sites for hydroxylation is 2. The zero-order chi connectivity index (χ0) is 23.8. The van der Waals surface area contributed by atoms with E-state index in [-0.39, 0.29) is 23.9 Å². The average Bonchev–Trinajstić information content (AvgIpc) is 2.76. The molecule has 2 aromatic rings. The number of amides is 3. The highest BCUT2D eigenvalue weighted by atomic mass is 35.5. The minimum atomic E-state index is -0.213. The maximum Gasteiger partial charge on any atom is 0.319 e. The zero-order valence-corrected chi connectivity index (χ0v) is 20.4. The lowest BCUT2D eigenvalue weighted by Gasteiger charge is -2.33.